The molecule has 0 amide bonds. The number of aromatic nitrogens is 1. The Bertz CT molecular complexity index is 693. The van der Waals surface area contributed by atoms with Crippen molar-refractivity contribution in [1.29, 1.82) is 0 Å². The quantitative estimate of drug-likeness (QED) is 0.689. The molecule has 2 aromatic carbocycles. The third-order valence-corrected chi connectivity index (χ3v) is 3.74. The molecule has 0 saturated carbocycles. The average molecular weight is 264 g/mol. The van der Waals surface area contributed by atoms with Crippen LogP contribution in [0.4, 0.5) is 5.69 Å². The highest BCUT2D eigenvalue weighted by atomic mass is 14.9. The summed E-state index contributed by atoms with van der Waals surface area (Å²) in [7, 11) is 0. The van der Waals surface area contributed by atoms with E-state index >= 15 is 0 Å². The first-order chi connectivity index (χ1) is 9.74. The zero-order valence-electron chi connectivity index (χ0n) is 12.0. The van der Waals surface area contributed by atoms with Crippen LogP contribution in [0.1, 0.15) is 30.9 Å². The van der Waals surface area contributed by atoms with E-state index in [-0.39, 0.29) is 0 Å². The minimum atomic E-state index is 0.581. The van der Waals surface area contributed by atoms with E-state index in [1.807, 2.05) is 0 Å². The van der Waals surface area contributed by atoms with E-state index in [1.165, 1.54) is 27.7 Å². The number of rotatable bonds is 4. The topological polar surface area (TPSA) is 27.8 Å². The standard InChI is InChI=1S/C18H20N2/c1-13(2)14-7-9-16(10-8-14)19-11-15-12-20-18-6-4-3-5-17(15)18/h3-10,12-13,19-20H,11H2,1-2H3. The van der Waals surface area contributed by atoms with Crippen molar-refractivity contribution in [2.75, 3.05) is 5.32 Å². The van der Waals surface area contributed by atoms with Crippen LogP contribution >= 0.6 is 0 Å². The van der Waals surface area contributed by atoms with Crippen molar-refractivity contribution in [3.63, 3.8) is 0 Å². The van der Waals surface area contributed by atoms with Gasteiger partial charge in [0.2, 0.25) is 0 Å². The predicted octanol–water partition coefficient (Wildman–Crippen LogP) is 4.90. The number of hydrogen-bond acceptors (Lipinski definition) is 1. The van der Waals surface area contributed by atoms with Crippen molar-refractivity contribution >= 4 is 16.6 Å². The molecule has 3 rings (SSSR count). The molecule has 0 bridgehead atoms. The lowest BCUT2D eigenvalue weighted by Crippen LogP contribution is -1.99. The van der Waals surface area contributed by atoms with E-state index in [2.05, 4.69) is 78.9 Å². The highest BCUT2D eigenvalue weighted by Crippen LogP contribution is 2.20. The van der Waals surface area contributed by atoms with E-state index < -0.39 is 0 Å². The molecule has 0 aliphatic carbocycles. The number of benzene rings is 2. The zero-order valence-corrected chi connectivity index (χ0v) is 12.0. The van der Waals surface area contributed by atoms with Crippen LogP contribution in [0.25, 0.3) is 10.9 Å². The summed E-state index contributed by atoms with van der Waals surface area (Å²) in [5.74, 6) is 0.581. The molecule has 0 aliphatic rings. The maximum absolute atomic E-state index is 3.49. The van der Waals surface area contributed by atoms with Crippen LogP contribution in [0, 0.1) is 0 Å². The molecular formula is C18H20N2. The van der Waals surface area contributed by atoms with Crippen LogP contribution in [0.3, 0.4) is 0 Å². The average Bonchev–Trinajstić information content (AvgIpc) is 2.89. The number of nitrogens with one attached hydrogen (secondary N) is 2. The van der Waals surface area contributed by atoms with E-state index in [0.29, 0.717) is 5.92 Å². The first-order valence-electron chi connectivity index (χ1n) is 7.13. The van der Waals surface area contributed by atoms with Gasteiger partial charge in [0.1, 0.15) is 0 Å². The van der Waals surface area contributed by atoms with Crippen LogP contribution in [0.5, 0.6) is 0 Å². The van der Waals surface area contributed by atoms with Crippen molar-refractivity contribution in [3.05, 3.63) is 65.9 Å². The number of fused-ring (bicyclic) bond motifs is 1. The van der Waals surface area contributed by atoms with Gasteiger partial charge in [-0.05, 0) is 35.2 Å². The molecular weight excluding hydrogens is 244 g/mol. The number of anilines is 1. The number of hydrogen-bond donors (Lipinski definition) is 2. The summed E-state index contributed by atoms with van der Waals surface area (Å²) in [6, 6.07) is 17.1. The SMILES string of the molecule is CC(C)c1ccc(NCc2c[nH]c3ccccc23)cc1. The summed E-state index contributed by atoms with van der Waals surface area (Å²) in [6.45, 7) is 5.27. The second kappa shape index (κ2) is 5.41. The van der Waals surface area contributed by atoms with Crippen LogP contribution in [0.15, 0.2) is 54.7 Å². The lowest BCUT2D eigenvalue weighted by atomic mass is 10.0. The van der Waals surface area contributed by atoms with Crippen LogP contribution in [0.2, 0.25) is 0 Å². The maximum Gasteiger partial charge on any atom is 0.0457 e. The Balaban J connectivity index is 1.73. The second-order valence-electron chi connectivity index (χ2n) is 5.49. The largest absolute Gasteiger partial charge is 0.381 e. The van der Waals surface area contributed by atoms with E-state index in [9.17, 15) is 0 Å². The Morgan fingerprint density at radius 1 is 1.00 bits per heavy atom. The minimum absolute atomic E-state index is 0.581. The molecule has 20 heavy (non-hydrogen) atoms. The van der Waals surface area contributed by atoms with Crippen molar-refractivity contribution < 1.29 is 0 Å². The molecule has 2 heteroatoms. The van der Waals surface area contributed by atoms with Crippen LogP contribution in [-0.2, 0) is 6.54 Å². The molecule has 0 unspecified atom stereocenters. The van der Waals surface area contributed by atoms with Crippen LogP contribution < -0.4 is 5.32 Å². The van der Waals surface area contributed by atoms with Crippen molar-refractivity contribution in [2.45, 2.75) is 26.3 Å². The van der Waals surface area contributed by atoms with E-state index in [0.717, 1.165) is 6.54 Å². The maximum atomic E-state index is 3.49. The molecule has 1 heterocycles. The lowest BCUT2D eigenvalue weighted by Gasteiger charge is -2.09. The van der Waals surface area contributed by atoms with Gasteiger partial charge in [-0.2, -0.15) is 0 Å². The van der Waals surface area contributed by atoms with Gasteiger partial charge in [-0.15, -0.1) is 0 Å². The molecule has 102 valence electrons. The second-order valence-corrected chi connectivity index (χ2v) is 5.49. The van der Waals surface area contributed by atoms with Gasteiger partial charge in [0.15, 0.2) is 0 Å². The number of H-pyrrole nitrogens is 1. The highest BCUT2D eigenvalue weighted by molar-refractivity contribution is 5.83. The van der Waals surface area contributed by atoms with E-state index in [4.69, 9.17) is 0 Å². The molecule has 0 spiro atoms. The van der Waals surface area contributed by atoms with Gasteiger partial charge in [-0.1, -0.05) is 44.2 Å². The smallest absolute Gasteiger partial charge is 0.0457 e. The van der Waals surface area contributed by atoms with Gasteiger partial charge in [-0.3, -0.25) is 0 Å². The van der Waals surface area contributed by atoms with Gasteiger partial charge in [0.25, 0.3) is 0 Å². The van der Waals surface area contributed by atoms with Gasteiger partial charge in [0, 0.05) is 29.3 Å². The van der Waals surface area contributed by atoms with E-state index in [1.54, 1.807) is 0 Å². The Hall–Kier alpha value is -2.22. The molecule has 0 radical (unpaired) electrons. The molecule has 2 nitrogen and oxygen atoms in total. The highest BCUT2D eigenvalue weighted by Gasteiger charge is 2.03. The predicted molar refractivity (Wildman–Crippen MR) is 86.2 cm³/mol. The molecule has 2 N–H and O–H groups in total. The molecule has 0 aliphatic heterocycles. The third-order valence-electron chi connectivity index (χ3n) is 3.74. The fraction of sp³-hybridized carbons (Fsp3) is 0.222. The van der Waals surface area contributed by atoms with Gasteiger partial charge >= 0.3 is 0 Å². The summed E-state index contributed by atoms with van der Waals surface area (Å²) < 4.78 is 0. The van der Waals surface area contributed by atoms with Crippen molar-refractivity contribution in [3.8, 4) is 0 Å². The number of para-hydroxylation sites is 1. The van der Waals surface area contributed by atoms with Crippen molar-refractivity contribution in [1.82, 2.24) is 4.98 Å². The molecule has 3 aromatic rings. The Morgan fingerprint density at radius 3 is 2.50 bits per heavy atom. The van der Waals surface area contributed by atoms with Gasteiger partial charge < -0.3 is 10.3 Å². The van der Waals surface area contributed by atoms with Gasteiger partial charge in [0.05, 0.1) is 0 Å². The molecule has 0 fully saturated rings. The summed E-state index contributed by atoms with van der Waals surface area (Å²) >= 11 is 0. The Morgan fingerprint density at radius 2 is 1.75 bits per heavy atom. The summed E-state index contributed by atoms with van der Waals surface area (Å²) in [6.07, 6.45) is 2.08. The number of aromatic amines is 1. The summed E-state index contributed by atoms with van der Waals surface area (Å²) in [5.41, 5.74) is 5.04. The minimum Gasteiger partial charge on any atom is -0.381 e. The zero-order chi connectivity index (χ0) is 13.9. The molecule has 0 atom stereocenters. The van der Waals surface area contributed by atoms with Gasteiger partial charge in [-0.25, -0.2) is 0 Å². The summed E-state index contributed by atoms with van der Waals surface area (Å²) in [4.78, 5) is 3.31. The molecule has 1 aromatic heterocycles. The fourth-order valence-electron chi connectivity index (χ4n) is 2.46. The third kappa shape index (κ3) is 2.55. The van der Waals surface area contributed by atoms with Crippen molar-refractivity contribution in [2.24, 2.45) is 0 Å². The Kier molecular flexibility index (Phi) is 3.46. The first kappa shape index (κ1) is 12.8. The van der Waals surface area contributed by atoms with Crippen LogP contribution in [-0.4, -0.2) is 4.98 Å². The molecule has 0 saturated heterocycles. The lowest BCUT2D eigenvalue weighted by molar-refractivity contribution is 0.867. The first-order valence-corrected chi connectivity index (χ1v) is 7.13. The normalized spacial score (nSPS) is 11.2. The monoisotopic (exact) mass is 264 g/mol. The fourth-order valence-corrected chi connectivity index (χ4v) is 2.46. The Labute approximate surface area is 119 Å². The summed E-state index contributed by atoms with van der Waals surface area (Å²) in [5, 5.41) is 4.78.